The average molecular weight is 439 g/mol. The Kier molecular flexibility index (Phi) is 4.83. The highest BCUT2D eigenvalue weighted by molar-refractivity contribution is 9.10. The third-order valence-corrected chi connectivity index (χ3v) is 5.09. The number of carbonyl (C=O) groups is 2. The van der Waals surface area contributed by atoms with E-state index in [1.165, 1.54) is 11.2 Å². The number of aliphatic hydroxyl groups is 1. The third kappa shape index (κ3) is 3.25. The second-order valence-electron chi connectivity index (χ2n) is 6.30. The molecule has 1 aromatic carbocycles. The van der Waals surface area contributed by atoms with Gasteiger partial charge in [-0.05, 0) is 35.9 Å². The number of hydrogen-bond donors (Lipinski definition) is 1. The van der Waals surface area contributed by atoms with Crippen LogP contribution >= 0.6 is 15.9 Å². The molecule has 7 heteroatoms. The average Bonchev–Trinajstić information content (AvgIpc) is 3.31. The van der Waals surface area contributed by atoms with Crippen molar-refractivity contribution in [2.24, 2.45) is 0 Å². The normalized spacial score (nSPS) is 18.6. The summed E-state index contributed by atoms with van der Waals surface area (Å²) in [5, 5.41) is 10.9. The number of Topliss-reactive ketones (excluding diaryl/α,β-unsaturated/α-hetero) is 1. The molecule has 1 unspecified atom stereocenters. The lowest BCUT2D eigenvalue weighted by Gasteiger charge is -2.24. The molecule has 0 saturated carbocycles. The van der Waals surface area contributed by atoms with Gasteiger partial charge in [-0.15, -0.1) is 0 Å². The first-order chi connectivity index (χ1) is 13.6. The molecule has 1 N–H and O–H groups in total. The number of ketones is 1. The maximum Gasteiger partial charge on any atom is 0.296 e. The quantitative estimate of drug-likeness (QED) is 0.377. The monoisotopic (exact) mass is 438 g/mol. The number of halogens is 1. The van der Waals surface area contributed by atoms with Gasteiger partial charge < -0.3 is 14.4 Å². The highest BCUT2D eigenvalue weighted by Crippen LogP contribution is 2.40. The summed E-state index contributed by atoms with van der Waals surface area (Å²) in [7, 11) is 0. The van der Waals surface area contributed by atoms with Gasteiger partial charge in [-0.2, -0.15) is 0 Å². The van der Waals surface area contributed by atoms with Crippen molar-refractivity contribution in [1.82, 2.24) is 9.88 Å². The van der Waals surface area contributed by atoms with Crippen molar-refractivity contribution < 1.29 is 19.1 Å². The lowest BCUT2D eigenvalue weighted by atomic mass is 9.96. The number of hydrogen-bond acceptors (Lipinski definition) is 5. The van der Waals surface area contributed by atoms with Crippen molar-refractivity contribution in [3.8, 4) is 0 Å². The Bertz CT molecular complexity index is 1040. The van der Waals surface area contributed by atoms with Crippen molar-refractivity contribution in [1.29, 1.82) is 0 Å². The van der Waals surface area contributed by atoms with Crippen LogP contribution in [0, 0.1) is 0 Å². The fourth-order valence-corrected chi connectivity index (χ4v) is 3.53. The standard InChI is InChI=1S/C21H15BrN2O4/c22-15-7-5-13(6-8-15)19(25)17-18(14-3-1-9-23-11-14)24(21(27)20(17)26)12-16-4-2-10-28-16/h1-11,18,25H,12H2. The van der Waals surface area contributed by atoms with Gasteiger partial charge in [0.15, 0.2) is 0 Å². The van der Waals surface area contributed by atoms with Gasteiger partial charge in [0.2, 0.25) is 0 Å². The van der Waals surface area contributed by atoms with Gasteiger partial charge in [0.1, 0.15) is 11.5 Å². The molecule has 140 valence electrons. The van der Waals surface area contributed by atoms with E-state index >= 15 is 0 Å². The zero-order valence-corrected chi connectivity index (χ0v) is 16.2. The number of nitrogens with zero attached hydrogens (tertiary/aromatic N) is 2. The zero-order chi connectivity index (χ0) is 19.7. The lowest BCUT2D eigenvalue weighted by Crippen LogP contribution is -2.29. The van der Waals surface area contributed by atoms with Crippen LogP contribution in [0.1, 0.15) is 22.9 Å². The van der Waals surface area contributed by atoms with Gasteiger partial charge in [-0.3, -0.25) is 14.6 Å². The first kappa shape index (κ1) is 18.2. The van der Waals surface area contributed by atoms with E-state index in [0.717, 1.165) is 4.47 Å². The molecule has 0 radical (unpaired) electrons. The topological polar surface area (TPSA) is 83.6 Å². The Hall–Kier alpha value is -3.19. The molecule has 1 aliphatic heterocycles. The molecule has 2 aromatic heterocycles. The molecular weight excluding hydrogens is 424 g/mol. The molecule has 1 atom stereocenters. The second kappa shape index (κ2) is 7.44. The van der Waals surface area contributed by atoms with Crippen molar-refractivity contribution in [2.75, 3.05) is 0 Å². The summed E-state index contributed by atoms with van der Waals surface area (Å²) < 4.78 is 6.19. The van der Waals surface area contributed by atoms with Crippen LogP contribution in [-0.2, 0) is 16.1 Å². The van der Waals surface area contributed by atoms with E-state index in [2.05, 4.69) is 20.9 Å². The van der Waals surface area contributed by atoms with Crippen LogP contribution in [0.3, 0.4) is 0 Å². The SMILES string of the molecule is O=C1C(=O)N(Cc2ccco2)C(c2cccnc2)C1=C(O)c1ccc(Br)cc1. The molecule has 1 fully saturated rings. The molecule has 4 rings (SSSR count). The summed E-state index contributed by atoms with van der Waals surface area (Å²) in [6, 6.07) is 13.1. The molecule has 6 nitrogen and oxygen atoms in total. The Morgan fingerprint density at radius 3 is 2.57 bits per heavy atom. The van der Waals surface area contributed by atoms with E-state index in [-0.39, 0.29) is 17.9 Å². The van der Waals surface area contributed by atoms with Gasteiger partial charge in [0.05, 0.1) is 24.4 Å². The highest BCUT2D eigenvalue weighted by atomic mass is 79.9. The number of aliphatic hydroxyl groups excluding tert-OH is 1. The Balaban J connectivity index is 1.85. The van der Waals surface area contributed by atoms with Gasteiger partial charge in [-0.25, -0.2) is 0 Å². The van der Waals surface area contributed by atoms with Crippen LogP contribution in [-0.4, -0.2) is 26.7 Å². The summed E-state index contributed by atoms with van der Waals surface area (Å²) in [6.45, 7) is 0.105. The minimum absolute atomic E-state index is 0.0341. The van der Waals surface area contributed by atoms with Gasteiger partial charge in [-0.1, -0.05) is 34.1 Å². The minimum Gasteiger partial charge on any atom is -0.507 e. The predicted octanol–water partition coefficient (Wildman–Crippen LogP) is 4.06. The first-order valence-corrected chi connectivity index (χ1v) is 9.32. The van der Waals surface area contributed by atoms with Crippen LogP contribution in [0.4, 0.5) is 0 Å². The molecule has 1 amide bonds. The molecular formula is C21H15BrN2O4. The summed E-state index contributed by atoms with van der Waals surface area (Å²) >= 11 is 3.35. The summed E-state index contributed by atoms with van der Waals surface area (Å²) in [4.78, 5) is 31.1. The first-order valence-electron chi connectivity index (χ1n) is 8.53. The van der Waals surface area contributed by atoms with Crippen LogP contribution in [0.25, 0.3) is 5.76 Å². The Morgan fingerprint density at radius 2 is 1.93 bits per heavy atom. The van der Waals surface area contributed by atoms with Crippen LogP contribution in [0.2, 0.25) is 0 Å². The van der Waals surface area contributed by atoms with Crippen molar-refractivity contribution in [3.05, 3.63) is 94.1 Å². The molecule has 3 heterocycles. The fraction of sp³-hybridized carbons (Fsp3) is 0.0952. The smallest absolute Gasteiger partial charge is 0.296 e. The fourth-order valence-electron chi connectivity index (χ4n) is 3.26. The summed E-state index contributed by atoms with van der Waals surface area (Å²) in [5.74, 6) is -1.11. The second-order valence-corrected chi connectivity index (χ2v) is 7.22. The van der Waals surface area contributed by atoms with Crippen LogP contribution in [0.15, 0.2) is 81.7 Å². The van der Waals surface area contributed by atoms with Crippen molar-refractivity contribution in [3.63, 3.8) is 0 Å². The van der Waals surface area contributed by atoms with E-state index in [4.69, 9.17) is 4.42 Å². The number of amides is 1. The largest absolute Gasteiger partial charge is 0.507 e. The van der Waals surface area contributed by atoms with Gasteiger partial charge >= 0.3 is 0 Å². The highest BCUT2D eigenvalue weighted by Gasteiger charge is 2.46. The number of carbonyl (C=O) groups excluding carboxylic acids is 2. The number of aromatic nitrogens is 1. The third-order valence-electron chi connectivity index (χ3n) is 4.56. The number of benzene rings is 1. The predicted molar refractivity (Wildman–Crippen MR) is 105 cm³/mol. The molecule has 3 aromatic rings. The summed E-state index contributed by atoms with van der Waals surface area (Å²) in [6.07, 6.45) is 4.70. The number of rotatable bonds is 4. The van der Waals surface area contributed by atoms with Crippen molar-refractivity contribution >= 4 is 33.4 Å². The molecule has 1 aliphatic rings. The molecule has 28 heavy (non-hydrogen) atoms. The molecule has 0 spiro atoms. The zero-order valence-electron chi connectivity index (χ0n) is 14.6. The van der Waals surface area contributed by atoms with Gasteiger partial charge in [0, 0.05) is 22.4 Å². The van der Waals surface area contributed by atoms with E-state index in [9.17, 15) is 14.7 Å². The maximum atomic E-state index is 12.8. The van der Waals surface area contributed by atoms with Crippen LogP contribution < -0.4 is 0 Å². The van der Waals surface area contributed by atoms with Crippen molar-refractivity contribution in [2.45, 2.75) is 12.6 Å². The summed E-state index contributed by atoms with van der Waals surface area (Å²) in [5.41, 5.74) is 1.12. The number of furan rings is 1. The van der Waals surface area contributed by atoms with E-state index in [1.807, 2.05) is 0 Å². The van der Waals surface area contributed by atoms with E-state index in [1.54, 1.807) is 60.9 Å². The molecule has 0 bridgehead atoms. The Morgan fingerprint density at radius 1 is 1.14 bits per heavy atom. The van der Waals surface area contributed by atoms with Crippen LogP contribution in [0.5, 0.6) is 0 Å². The Labute approximate surface area is 169 Å². The molecule has 1 saturated heterocycles. The molecule has 0 aliphatic carbocycles. The van der Waals surface area contributed by atoms with E-state index in [0.29, 0.717) is 16.9 Å². The number of likely N-dealkylation sites (tertiary alicyclic amines) is 1. The van der Waals surface area contributed by atoms with E-state index < -0.39 is 17.7 Å². The lowest BCUT2D eigenvalue weighted by molar-refractivity contribution is -0.140. The van der Waals surface area contributed by atoms with Gasteiger partial charge in [0.25, 0.3) is 11.7 Å². The maximum absolute atomic E-state index is 12.8. The minimum atomic E-state index is -0.762. The number of pyridine rings is 1.